The average molecular weight is 263 g/mol. The highest BCUT2D eigenvalue weighted by Gasteiger charge is 2.12. The Bertz CT molecular complexity index is 516. The van der Waals surface area contributed by atoms with Gasteiger partial charge in [0, 0.05) is 19.0 Å². The number of nitrogens with one attached hydrogen (secondary N) is 1. The van der Waals surface area contributed by atoms with Crippen molar-refractivity contribution in [3.05, 3.63) is 36.1 Å². The predicted molar refractivity (Wildman–Crippen MR) is 71.0 cm³/mol. The molecule has 0 spiro atoms. The maximum absolute atomic E-state index is 11.8. The Hall–Kier alpha value is -1.85. The Balaban J connectivity index is 1.89. The molecular formula is C14H17NO4. The fourth-order valence-corrected chi connectivity index (χ4v) is 1.81. The monoisotopic (exact) mass is 263 g/mol. The first-order chi connectivity index (χ1) is 9.20. The lowest BCUT2D eigenvalue weighted by Crippen LogP contribution is -2.28. The molecule has 0 saturated carbocycles. The summed E-state index contributed by atoms with van der Waals surface area (Å²) in [4.78, 5) is 11.8. The minimum Gasteiger partial charge on any atom is -0.451 e. The van der Waals surface area contributed by atoms with Crippen LogP contribution in [0.2, 0.25) is 0 Å². The van der Waals surface area contributed by atoms with E-state index in [-0.39, 0.29) is 18.3 Å². The highest BCUT2D eigenvalue weighted by atomic mass is 16.5. The van der Waals surface area contributed by atoms with Gasteiger partial charge in [0.05, 0.1) is 12.7 Å². The van der Waals surface area contributed by atoms with Gasteiger partial charge in [0.1, 0.15) is 5.58 Å². The molecule has 2 N–H and O–H groups in total. The number of carbonyl (C=O) groups is 1. The number of hydrogen-bond acceptors (Lipinski definition) is 4. The molecule has 0 aliphatic rings. The van der Waals surface area contributed by atoms with E-state index in [0.29, 0.717) is 18.5 Å². The molecular weight excluding hydrogens is 246 g/mol. The van der Waals surface area contributed by atoms with Crippen LogP contribution in [0.5, 0.6) is 0 Å². The zero-order chi connectivity index (χ0) is 13.7. The van der Waals surface area contributed by atoms with Crippen molar-refractivity contribution in [2.45, 2.75) is 12.5 Å². The standard InChI is InChI=1S/C14H17NO4/c1-18-9-11(16)6-7-15-14(17)13-8-10-4-2-3-5-12(10)19-13/h2-5,8,11,16H,6-7,9H2,1H3,(H,15,17). The van der Waals surface area contributed by atoms with Gasteiger partial charge in [0.25, 0.3) is 5.91 Å². The Labute approximate surface area is 111 Å². The number of amides is 1. The van der Waals surface area contributed by atoms with Crippen LogP contribution in [-0.4, -0.2) is 37.4 Å². The van der Waals surface area contributed by atoms with Crippen molar-refractivity contribution < 1.29 is 19.1 Å². The van der Waals surface area contributed by atoms with Crippen molar-refractivity contribution in [2.24, 2.45) is 0 Å². The molecule has 5 heteroatoms. The SMILES string of the molecule is COCC(O)CCNC(=O)c1cc2ccccc2o1. The molecule has 0 radical (unpaired) electrons. The molecule has 0 fully saturated rings. The number of methoxy groups -OCH3 is 1. The number of hydrogen-bond donors (Lipinski definition) is 2. The highest BCUT2D eigenvalue weighted by Crippen LogP contribution is 2.18. The van der Waals surface area contributed by atoms with Crippen molar-refractivity contribution >= 4 is 16.9 Å². The second kappa shape index (κ2) is 6.36. The summed E-state index contributed by atoms with van der Waals surface area (Å²) in [5, 5.41) is 13.0. The summed E-state index contributed by atoms with van der Waals surface area (Å²) in [6, 6.07) is 9.15. The summed E-state index contributed by atoms with van der Waals surface area (Å²) in [5.41, 5.74) is 0.687. The van der Waals surface area contributed by atoms with Gasteiger partial charge in [-0.3, -0.25) is 4.79 Å². The van der Waals surface area contributed by atoms with E-state index in [1.54, 1.807) is 6.07 Å². The Morgan fingerprint density at radius 3 is 3.00 bits per heavy atom. The largest absolute Gasteiger partial charge is 0.451 e. The van der Waals surface area contributed by atoms with Crippen LogP contribution >= 0.6 is 0 Å². The van der Waals surface area contributed by atoms with Crippen LogP contribution in [-0.2, 0) is 4.74 Å². The second-order valence-electron chi connectivity index (χ2n) is 4.30. The quantitative estimate of drug-likeness (QED) is 0.829. The summed E-state index contributed by atoms with van der Waals surface area (Å²) >= 11 is 0. The molecule has 2 aromatic rings. The number of furan rings is 1. The lowest BCUT2D eigenvalue weighted by atomic mass is 10.2. The molecule has 1 heterocycles. The van der Waals surface area contributed by atoms with Gasteiger partial charge >= 0.3 is 0 Å². The van der Waals surface area contributed by atoms with Crippen molar-refractivity contribution in [3.63, 3.8) is 0 Å². The third-order valence-corrected chi connectivity index (χ3v) is 2.77. The van der Waals surface area contributed by atoms with Gasteiger partial charge < -0.3 is 19.6 Å². The molecule has 0 aliphatic carbocycles. The normalized spacial score (nSPS) is 12.5. The van der Waals surface area contributed by atoms with Crippen LogP contribution in [0.25, 0.3) is 11.0 Å². The van der Waals surface area contributed by atoms with Gasteiger partial charge in [-0.1, -0.05) is 18.2 Å². The van der Waals surface area contributed by atoms with E-state index in [1.807, 2.05) is 24.3 Å². The fraction of sp³-hybridized carbons (Fsp3) is 0.357. The van der Waals surface area contributed by atoms with E-state index >= 15 is 0 Å². The third kappa shape index (κ3) is 3.56. The average Bonchev–Trinajstić information content (AvgIpc) is 2.82. The molecule has 0 aliphatic heterocycles. The van der Waals surface area contributed by atoms with E-state index in [4.69, 9.17) is 9.15 Å². The first kappa shape index (κ1) is 13.6. The van der Waals surface area contributed by atoms with Crippen molar-refractivity contribution in [1.82, 2.24) is 5.32 Å². The molecule has 1 aromatic heterocycles. The molecule has 1 amide bonds. The molecule has 0 bridgehead atoms. The van der Waals surface area contributed by atoms with E-state index in [0.717, 1.165) is 5.39 Å². The van der Waals surface area contributed by atoms with Crippen LogP contribution < -0.4 is 5.32 Å². The summed E-state index contributed by atoms with van der Waals surface area (Å²) in [5.74, 6) is 0.00301. The van der Waals surface area contributed by atoms with Crippen molar-refractivity contribution in [3.8, 4) is 0 Å². The number of para-hydroxylation sites is 1. The lowest BCUT2D eigenvalue weighted by molar-refractivity contribution is 0.0586. The number of ether oxygens (including phenoxy) is 1. The summed E-state index contributed by atoms with van der Waals surface area (Å²) < 4.78 is 10.2. The molecule has 19 heavy (non-hydrogen) atoms. The first-order valence-electron chi connectivity index (χ1n) is 6.14. The summed E-state index contributed by atoms with van der Waals surface area (Å²) in [6.45, 7) is 0.640. The zero-order valence-corrected chi connectivity index (χ0v) is 10.8. The van der Waals surface area contributed by atoms with Crippen LogP contribution in [0.3, 0.4) is 0 Å². The predicted octanol–water partition coefficient (Wildman–Crippen LogP) is 1.56. The van der Waals surface area contributed by atoms with E-state index in [2.05, 4.69) is 5.32 Å². The molecule has 5 nitrogen and oxygen atoms in total. The Kier molecular flexibility index (Phi) is 4.54. The van der Waals surface area contributed by atoms with E-state index in [9.17, 15) is 9.90 Å². The van der Waals surface area contributed by atoms with Gasteiger partial charge in [0.15, 0.2) is 5.76 Å². The van der Waals surface area contributed by atoms with Crippen molar-refractivity contribution in [2.75, 3.05) is 20.3 Å². The smallest absolute Gasteiger partial charge is 0.287 e. The van der Waals surface area contributed by atoms with Crippen molar-refractivity contribution in [1.29, 1.82) is 0 Å². The lowest BCUT2D eigenvalue weighted by Gasteiger charge is -2.09. The van der Waals surface area contributed by atoms with E-state index < -0.39 is 6.10 Å². The summed E-state index contributed by atoms with van der Waals surface area (Å²) in [6.07, 6.45) is -0.124. The number of rotatable bonds is 6. The van der Waals surface area contributed by atoms with Gasteiger partial charge in [0.2, 0.25) is 0 Å². The molecule has 102 valence electrons. The Morgan fingerprint density at radius 2 is 2.26 bits per heavy atom. The molecule has 0 saturated heterocycles. The maximum Gasteiger partial charge on any atom is 0.287 e. The van der Waals surface area contributed by atoms with Gasteiger partial charge in [-0.25, -0.2) is 0 Å². The number of fused-ring (bicyclic) bond motifs is 1. The van der Waals surface area contributed by atoms with Gasteiger partial charge in [-0.2, -0.15) is 0 Å². The molecule has 2 rings (SSSR count). The maximum atomic E-state index is 11.8. The fourth-order valence-electron chi connectivity index (χ4n) is 1.81. The number of aliphatic hydroxyl groups is 1. The second-order valence-corrected chi connectivity index (χ2v) is 4.30. The first-order valence-corrected chi connectivity index (χ1v) is 6.14. The van der Waals surface area contributed by atoms with Crippen LogP contribution in [0, 0.1) is 0 Å². The third-order valence-electron chi connectivity index (χ3n) is 2.77. The zero-order valence-electron chi connectivity index (χ0n) is 10.8. The topological polar surface area (TPSA) is 71.7 Å². The van der Waals surface area contributed by atoms with Crippen LogP contribution in [0.1, 0.15) is 17.0 Å². The number of aliphatic hydroxyl groups excluding tert-OH is 1. The molecule has 1 atom stereocenters. The molecule has 1 aromatic carbocycles. The van der Waals surface area contributed by atoms with Crippen LogP contribution in [0.4, 0.5) is 0 Å². The molecule has 1 unspecified atom stereocenters. The minimum absolute atomic E-state index is 0.264. The van der Waals surface area contributed by atoms with Crippen LogP contribution in [0.15, 0.2) is 34.7 Å². The summed E-state index contributed by atoms with van der Waals surface area (Å²) in [7, 11) is 1.52. The van der Waals surface area contributed by atoms with Gasteiger partial charge in [-0.05, 0) is 18.6 Å². The highest BCUT2D eigenvalue weighted by molar-refractivity contribution is 5.95. The Morgan fingerprint density at radius 1 is 1.47 bits per heavy atom. The minimum atomic E-state index is -0.569. The van der Waals surface area contributed by atoms with E-state index in [1.165, 1.54) is 7.11 Å². The number of carbonyl (C=O) groups excluding carboxylic acids is 1. The number of benzene rings is 1. The van der Waals surface area contributed by atoms with Gasteiger partial charge in [-0.15, -0.1) is 0 Å².